The number of hydrogen-bond donors (Lipinski definition) is 1. The highest BCUT2D eigenvalue weighted by molar-refractivity contribution is 5.92. The van der Waals surface area contributed by atoms with Gasteiger partial charge in [-0.25, -0.2) is 9.37 Å². The number of likely N-dealkylation sites (tertiary alicyclic amines) is 2. The van der Waals surface area contributed by atoms with Gasteiger partial charge in [-0.2, -0.15) is 0 Å². The Balaban J connectivity index is 1.36. The normalized spacial score (nSPS) is 23.1. The molecule has 0 saturated carbocycles. The summed E-state index contributed by atoms with van der Waals surface area (Å²) < 4.78 is 23.9. The summed E-state index contributed by atoms with van der Waals surface area (Å²) in [5.41, 5.74) is 0.183. The van der Waals surface area contributed by atoms with Crippen LogP contribution in [0, 0.1) is 5.82 Å². The standard InChI is InChI=1S/C19H22FN3O4/c20-13-4-3-5-14(8-13)26-12-18-21-15(11-27-18)19(25)23-9-16(17(24)10-23)22-6-1-2-7-22/h3-5,8,11,16-17,24H,1-2,6-7,9-10,12H2/t16-,17-/m0/s1. The minimum absolute atomic E-state index is 0.00421. The molecule has 8 heteroatoms. The molecular weight excluding hydrogens is 353 g/mol. The van der Waals surface area contributed by atoms with E-state index in [2.05, 4.69) is 9.88 Å². The predicted octanol–water partition coefficient (Wildman–Crippen LogP) is 1.67. The van der Waals surface area contributed by atoms with Gasteiger partial charge in [0.05, 0.1) is 12.1 Å². The summed E-state index contributed by atoms with van der Waals surface area (Å²) in [6.07, 6.45) is 3.02. The van der Waals surface area contributed by atoms with Crippen molar-refractivity contribution in [2.24, 2.45) is 0 Å². The van der Waals surface area contributed by atoms with Crippen LogP contribution in [0.1, 0.15) is 29.2 Å². The van der Waals surface area contributed by atoms with Crippen molar-refractivity contribution >= 4 is 5.91 Å². The van der Waals surface area contributed by atoms with Gasteiger partial charge in [-0.15, -0.1) is 0 Å². The predicted molar refractivity (Wildman–Crippen MR) is 93.7 cm³/mol. The number of rotatable bonds is 5. The third-order valence-electron chi connectivity index (χ3n) is 5.09. The van der Waals surface area contributed by atoms with Crippen LogP contribution in [-0.4, -0.2) is 64.1 Å². The van der Waals surface area contributed by atoms with Gasteiger partial charge in [-0.1, -0.05) is 6.07 Å². The van der Waals surface area contributed by atoms with Gasteiger partial charge < -0.3 is 19.2 Å². The minimum Gasteiger partial charge on any atom is -0.484 e. The summed E-state index contributed by atoms with van der Waals surface area (Å²) in [4.78, 5) is 20.7. The van der Waals surface area contributed by atoms with Gasteiger partial charge in [0.2, 0.25) is 5.89 Å². The number of hydrogen-bond acceptors (Lipinski definition) is 6. The van der Waals surface area contributed by atoms with Crippen LogP contribution in [0.15, 0.2) is 34.9 Å². The Labute approximate surface area is 156 Å². The Morgan fingerprint density at radius 3 is 2.93 bits per heavy atom. The Morgan fingerprint density at radius 1 is 1.33 bits per heavy atom. The molecule has 1 N–H and O–H groups in total. The molecule has 0 radical (unpaired) electrons. The van der Waals surface area contributed by atoms with E-state index in [1.165, 1.54) is 18.4 Å². The molecular formula is C19H22FN3O4. The number of oxazole rings is 1. The van der Waals surface area contributed by atoms with Gasteiger partial charge >= 0.3 is 0 Å². The average Bonchev–Trinajstić information content (AvgIpc) is 3.40. The zero-order chi connectivity index (χ0) is 18.8. The maximum Gasteiger partial charge on any atom is 0.275 e. The lowest BCUT2D eigenvalue weighted by atomic mass is 10.2. The fraction of sp³-hybridized carbons (Fsp3) is 0.474. The summed E-state index contributed by atoms with van der Waals surface area (Å²) in [6, 6.07) is 5.75. The number of aliphatic hydroxyl groups excluding tert-OH is 1. The molecule has 0 unspecified atom stereocenters. The van der Waals surface area contributed by atoms with E-state index in [4.69, 9.17) is 9.15 Å². The van der Waals surface area contributed by atoms with Gasteiger partial charge in [0.25, 0.3) is 5.91 Å². The van der Waals surface area contributed by atoms with E-state index in [1.54, 1.807) is 17.0 Å². The summed E-state index contributed by atoms with van der Waals surface area (Å²) in [6.45, 7) is 2.71. The first-order valence-electron chi connectivity index (χ1n) is 9.14. The fourth-order valence-electron chi connectivity index (χ4n) is 3.71. The van der Waals surface area contributed by atoms with E-state index in [0.717, 1.165) is 25.9 Å². The lowest BCUT2D eigenvalue weighted by Gasteiger charge is -2.25. The van der Waals surface area contributed by atoms with Crippen molar-refractivity contribution in [3.63, 3.8) is 0 Å². The molecule has 1 aromatic carbocycles. The van der Waals surface area contributed by atoms with Crippen LogP contribution >= 0.6 is 0 Å². The number of carbonyl (C=O) groups is 1. The molecule has 2 aromatic rings. The van der Waals surface area contributed by atoms with Crippen molar-refractivity contribution in [1.82, 2.24) is 14.8 Å². The van der Waals surface area contributed by atoms with Crippen molar-refractivity contribution in [3.05, 3.63) is 47.9 Å². The molecule has 1 aromatic heterocycles. The Hall–Kier alpha value is -2.45. The van der Waals surface area contributed by atoms with E-state index in [1.807, 2.05) is 0 Å². The van der Waals surface area contributed by atoms with Crippen LogP contribution in [-0.2, 0) is 6.61 Å². The van der Waals surface area contributed by atoms with Gasteiger partial charge in [0.1, 0.15) is 17.8 Å². The lowest BCUT2D eigenvalue weighted by molar-refractivity contribution is 0.0757. The number of halogens is 1. The Morgan fingerprint density at radius 2 is 2.15 bits per heavy atom. The number of aliphatic hydroxyl groups is 1. The second kappa shape index (κ2) is 7.66. The van der Waals surface area contributed by atoms with Crippen LogP contribution in [0.3, 0.4) is 0 Å². The molecule has 2 aliphatic heterocycles. The molecule has 0 aliphatic carbocycles. The topological polar surface area (TPSA) is 79.0 Å². The fourth-order valence-corrected chi connectivity index (χ4v) is 3.71. The van der Waals surface area contributed by atoms with Crippen LogP contribution < -0.4 is 4.74 Å². The van der Waals surface area contributed by atoms with E-state index in [0.29, 0.717) is 18.8 Å². The number of β-amino-alcohol motifs (C(OH)–C–C–N with tert-alkyl or cyclic N) is 1. The molecule has 3 heterocycles. The first-order chi connectivity index (χ1) is 13.1. The summed E-state index contributed by atoms with van der Waals surface area (Å²) in [5, 5.41) is 10.3. The second-order valence-electron chi connectivity index (χ2n) is 6.96. The van der Waals surface area contributed by atoms with Gasteiger partial charge in [-0.3, -0.25) is 9.69 Å². The molecule has 144 valence electrons. The van der Waals surface area contributed by atoms with Crippen LogP contribution in [0.2, 0.25) is 0 Å². The summed E-state index contributed by atoms with van der Waals surface area (Å²) in [7, 11) is 0. The van der Waals surface area contributed by atoms with Crippen LogP contribution in [0.4, 0.5) is 4.39 Å². The molecule has 2 aliphatic rings. The van der Waals surface area contributed by atoms with Crippen LogP contribution in [0.25, 0.3) is 0 Å². The van der Waals surface area contributed by atoms with Gasteiger partial charge in [0.15, 0.2) is 12.3 Å². The first-order valence-corrected chi connectivity index (χ1v) is 9.14. The van der Waals surface area contributed by atoms with E-state index < -0.39 is 11.9 Å². The molecule has 2 fully saturated rings. The average molecular weight is 375 g/mol. The highest BCUT2D eigenvalue weighted by atomic mass is 19.1. The van der Waals surface area contributed by atoms with Gasteiger partial charge in [0, 0.05) is 19.2 Å². The van der Waals surface area contributed by atoms with Crippen molar-refractivity contribution in [2.75, 3.05) is 26.2 Å². The molecule has 27 heavy (non-hydrogen) atoms. The van der Waals surface area contributed by atoms with E-state index >= 15 is 0 Å². The SMILES string of the molecule is O=C(c1coc(COc2cccc(F)c2)n1)N1C[C@H](O)[C@@H](N2CCCC2)C1. The van der Waals surface area contributed by atoms with Crippen molar-refractivity contribution in [1.29, 1.82) is 0 Å². The highest BCUT2D eigenvalue weighted by Crippen LogP contribution is 2.22. The van der Waals surface area contributed by atoms with Crippen LogP contribution in [0.5, 0.6) is 5.75 Å². The molecule has 2 atom stereocenters. The maximum absolute atomic E-state index is 13.2. The minimum atomic E-state index is -0.547. The number of ether oxygens (including phenoxy) is 1. The molecule has 2 saturated heterocycles. The third kappa shape index (κ3) is 3.96. The summed E-state index contributed by atoms with van der Waals surface area (Å²) >= 11 is 0. The zero-order valence-electron chi connectivity index (χ0n) is 14.9. The third-order valence-corrected chi connectivity index (χ3v) is 5.09. The van der Waals surface area contributed by atoms with Crippen molar-refractivity contribution in [3.8, 4) is 5.75 Å². The molecule has 0 bridgehead atoms. The number of carbonyl (C=O) groups excluding carboxylic acids is 1. The lowest BCUT2D eigenvalue weighted by Crippen LogP contribution is -2.41. The molecule has 1 amide bonds. The second-order valence-corrected chi connectivity index (χ2v) is 6.96. The van der Waals surface area contributed by atoms with Crippen molar-refractivity contribution in [2.45, 2.75) is 31.6 Å². The Bertz CT molecular complexity index is 806. The number of nitrogens with zero attached hydrogens (tertiary/aromatic N) is 3. The Kier molecular flexibility index (Phi) is 5.09. The zero-order valence-corrected chi connectivity index (χ0v) is 14.9. The van der Waals surface area contributed by atoms with E-state index in [9.17, 15) is 14.3 Å². The van der Waals surface area contributed by atoms with Crippen molar-refractivity contribution < 1.29 is 23.4 Å². The quantitative estimate of drug-likeness (QED) is 0.857. The molecule has 0 spiro atoms. The number of benzene rings is 1. The van der Waals surface area contributed by atoms with E-state index in [-0.39, 0.29) is 30.1 Å². The highest BCUT2D eigenvalue weighted by Gasteiger charge is 2.39. The molecule has 4 rings (SSSR count). The molecule has 7 nitrogen and oxygen atoms in total. The first kappa shape index (κ1) is 17.9. The smallest absolute Gasteiger partial charge is 0.275 e. The number of aromatic nitrogens is 1. The maximum atomic E-state index is 13.2. The number of amides is 1. The van der Waals surface area contributed by atoms with Gasteiger partial charge in [-0.05, 0) is 38.1 Å². The summed E-state index contributed by atoms with van der Waals surface area (Å²) in [5.74, 6) is -0.0666. The monoisotopic (exact) mass is 375 g/mol. The largest absolute Gasteiger partial charge is 0.484 e.